The van der Waals surface area contributed by atoms with Crippen LogP contribution in [0, 0.1) is 0 Å². The Morgan fingerprint density at radius 1 is 1.21 bits per heavy atom. The average molecular weight is 450 g/mol. The van der Waals surface area contributed by atoms with Gasteiger partial charge in [-0.1, -0.05) is 37.9 Å². The van der Waals surface area contributed by atoms with Crippen LogP contribution in [0.2, 0.25) is 0 Å². The molecule has 3 rings (SSSR count). The van der Waals surface area contributed by atoms with Gasteiger partial charge in [0.05, 0.1) is 17.6 Å². The Labute approximate surface area is 180 Å². The second-order valence-corrected chi connectivity index (χ2v) is 8.88. The molecule has 0 radical (unpaired) electrons. The van der Waals surface area contributed by atoms with E-state index < -0.39 is 11.7 Å². The molecule has 0 spiro atoms. The molecule has 9 heteroatoms. The number of nitrogens with zero attached hydrogens (tertiary/aromatic N) is 2. The van der Waals surface area contributed by atoms with Crippen LogP contribution in [0.25, 0.3) is 0 Å². The Morgan fingerprint density at radius 3 is 2.41 bits per heavy atom. The van der Waals surface area contributed by atoms with Crippen molar-refractivity contribution in [3.8, 4) is 0 Å². The third-order valence-electron chi connectivity index (χ3n) is 5.39. The molecular weight excluding hydrogens is 423 g/mol. The van der Waals surface area contributed by atoms with Gasteiger partial charge < -0.3 is 10.2 Å². The van der Waals surface area contributed by atoms with E-state index in [1.54, 1.807) is 11.8 Å². The van der Waals surface area contributed by atoms with Crippen molar-refractivity contribution >= 4 is 40.9 Å². The molecule has 1 aliphatic carbocycles. The topological polar surface area (TPSA) is 44.7 Å². The van der Waals surface area contributed by atoms with Crippen molar-refractivity contribution in [3.63, 3.8) is 0 Å². The summed E-state index contributed by atoms with van der Waals surface area (Å²) < 4.78 is 37.9. The van der Waals surface area contributed by atoms with Crippen LogP contribution >= 0.6 is 24.2 Å². The van der Waals surface area contributed by atoms with Crippen LogP contribution in [0.1, 0.15) is 51.0 Å². The van der Waals surface area contributed by atoms with Crippen LogP contribution in [-0.4, -0.2) is 40.4 Å². The lowest BCUT2D eigenvalue weighted by molar-refractivity contribution is -0.137. The molecule has 0 bridgehead atoms. The molecule has 2 unspecified atom stereocenters. The number of anilines is 1. The van der Waals surface area contributed by atoms with Gasteiger partial charge in [-0.05, 0) is 37.1 Å². The molecule has 1 heterocycles. The molecule has 1 saturated carbocycles. The van der Waals surface area contributed by atoms with Crippen LogP contribution in [-0.2, 0) is 11.0 Å². The first-order valence-electron chi connectivity index (χ1n) is 9.68. The molecular formula is C20H27ClF3N3OS. The van der Waals surface area contributed by atoms with Crippen molar-refractivity contribution in [2.45, 2.75) is 69.0 Å². The van der Waals surface area contributed by atoms with E-state index in [1.165, 1.54) is 31.4 Å². The van der Waals surface area contributed by atoms with E-state index >= 15 is 0 Å². The number of hydrogen-bond donors (Lipinski definition) is 1. The number of nitrogens with one attached hydrogen (secondary N) is 1. The van der Waals surface area contributed by atoms with E-state index in [4.69, 9.17) is 4.99 Å². The van der Waals surface area contributed by atoms with Crippen LogP contribution in [0.4, 0.5) is 18.9 Å². The number of hydrogen-bond acceptors (Lipinski definition) is 3. The van der Waals surface area contributed by atoms with E-state index in [1.807, 2.05) is 7.05 Å². The van der Waals surface area contributed by atoms with Gasteiger partial charge in [0, 0.05) is 24.4 Å². The largest absolute Gasteiger partial charge is 0.416 e. The number of carbonyl (C=O) groups is 1. The summed E-state index contributed by atoms with van der Waals surface area (Å²) in [6, 6.07) is 4.92. The summed E-state index contributed by atoms with van der Waals surface area (Å²) in [7, 11) is 1.97. The summed E-state index contributed by atoms with van der Waals surface area (Å²) in [5.74, 6) is -0.206. The molecule has 2 aliphatic rings. The standard InChI is InChI=1S/C20H26F3N3OS.ClH/c1-13-17(26(2)19(28-13)25-15-6-4-3-5-7-15)12-18(27)24-16-10-8-14(9-11-16)20(21,22)23;/h8-11,13,15,17H,3-7,12H2,1-2H3,(H,24,27);1H. The first-order valence-corrected chi connectivity index (χ1v) is 10.6. The van der Waals surface area contributed by atoms with Gasteiger partial charge in [0.1, 0.15) is 0 Å². The van der Waals surface area contributed by atoms with Crippen molar-refractivity contribution in [2.24, 2.45) is 4.99 Å². The van der Waals surface area contributed by atoms with Crippen molar-refractivity contribution in [1.29, 1.82) is 0 Å². The second kappa shape index (κ2) is 10.1. The number of aliphatic imine (C=N–C) groups is 1. The van der Waals surface area contributed by atoms with Crippen molar-refractivity contribution in [3.05, 3.63) is 29.8 Å². The Kier molecular flexibility index (Phi) is 8.28. The maximum Gasteiger partial charge on any atom is 0.416 e. The fraction of sp³-hybridized carbons (Fsp3) is 0.600. The highest BCUT2D eigenvalue weighted by Crippen LogP contribution is 2.34. The maximum absolute atomic E-state index is 12.6. The van der Waals surface area contributed by atoms with E-state index in [0.717, 1.165) is 30.1 Å². The monoisotopic (exact) mass is 449 g/mol. The van der Waals surface area contributed by atoms with Crippen molar-refractivity contribution in [1.82, 2.24) is 4.90 Å². The molecule has 1 aliphatic heterocycles. The van der Waals surface area contributed by atoms with E-state index in [-0.39, 0.29) is 36.0 Å². The number of amides is 1. The quantitative estimate of drug-likeness (QED) is 0.652. The number of amidine groups is 1. The normalized spacial score (nSPS) is 24.4. The summed E-state index contributed by atoms with van der Waals surface area (Å²) in [5, 5.41) is 3.92. The predicted octanol–water partition coefficient (Wildman–Crippen LogP) is 5.58. The third kappa shape index (κ3) is 6.28. The van der Waals surface area contributed by atoms with Gasteiger partial charge >= 0.3 is 6.18 Å². The molecule has 1 N–H and O–H groups in total. The zero-order chi connectivity index (χ0) is 20.3. The molecule has 1 aromatic carbocycles. The fourth-order valence-corrected chi connectivity index (χ4v) is 5.00. The first-order chi connectivity index (χ1) is 13.2. The van der Waals surface area contributed by atoms with Gasteiger partial charge in [-0.3, -0.25) is 9.79 Å². The van der Waals surface area contributed by atoms with Crippen molar-refractivity contribution < 1.29 is 18.0 Å². The fourth-order valence-electron chi connectivity index (χ4n) is 3.72. The maximum atomic E-state index is 12.6. The smallest absolute Gasteiger partial charge is 0.350 e. The number of thioether (sulfide) groups is 1. The van der Waals surface area contributed by atoms with Gasteiger partial charge in [-0.25, -0.2) is 0 Å². The Hall–Kier alpha value is -1.41. The summed E-state index contributed by atoms with van der Waals surface area (Å²) in [6.45, 7) is 2.08. The van der Waals surface area contributed by atoms with E-state index in [2.05, 4.69) is 17.1 Å². The predicted molar refractivity (Wildman–Crippen MR) is 115 cm³/mol. The van der Waals surface area contributed by atoms with Crippen LogP contribution in [0.5, 0.6) is 0 Å². The summed E-state index contributed by atoms with van der Waals surface area (Å²) in [4.78, 5) is 19.4. The van der Waals surface area contributed by atoms with E-state index in [9.17, 15) is 18.0 Å². The van der Waals surface area contributed by atoms with E-state index in [0.29, 0.717) is 11.7 Å². The number of halogens is 4. The number of rotatable bonds is 4. The van der Waals surface area contributed by atoms with Gasteiger partial charge in [-0.15, -0.1) is 12.4 Å². The molecule has 162 valence electrons. The van der Waals surface area contributed by atoms with Crippen LogP contribution in [0.3, 0.4) is 0 Å². The highest BCUT2D eigenvalue weighted by Gasteiger charge is 2.36. The number of alkyl halides is 3. The lowest BCUT2D eigenvalue weighted by atomic mass is 9.96. The number of carbonyl (C=O) groups excluding carboxylic acids is 1. The summed E-state index contributed by atoms with van der Waals surface area (Å²) in [5.41, 5.74) is -0.357. The van der Waals surface area contributed by atoms with Gasteiger partial charge in [0.25, 0.3) is 0 Å². The molecule has 0 aromatic heterocycles. The van der Waals surface area contributed by atoms with Crippen LogP contribution in [0.15, 0.2) is 29.3 Å². The molecule has 1 amide bonds. The minimum atomic E-state index is -4.38. The first kappa shape index (κ1) is 23.9. The number of benzene rings is 1. The van der Waals surface area contributed by atoms with Gasteiger partial charge in [0.15, 0.2) is 5.17 Å². The Morgan fingerprint density at radius 2 is 1.83 bits per heavy atom. The van der Waals surface area contributed by atoms with Gasteiger partial charge in [0.2, 0.25) is 5.91 Å². The molecule has 2 atom stereocenters. The lowest BCUT2D eigenvalue weighted by Crippen LogP contribution is -2.36. The minimum absolute atomic E-state index is 0. The molecule has 29 heavy (non-hydrogen) atoms. The summed E-state index contributed by atoms with van der Waals surface area (Å²) in [6.07, 6.45) is 1.89. The van der Waals surface area contributed by atoms with Gasteiger partial charge in [-0.2, -0.15) is 13.2 Å². The highest BCUT2D eigenvalue weighted by molar-refractivity contribution is 8.14. The summed E-state index contributed by atoms with van der Waals surface area (Å²) >= 11 is 1.70. The Bertz CT molecular complexity index is 721. The third-order valence-corrected chi connectivity index (χ3v) is 6.68. The molecule has 2 fully saturated rings. The SMILES string of the molecule is CC1SC(=NC2CCCCC2)N(C)C1CC(=O)Nc1ccc(C(F)(F)F)cc1.Cl. The minimum Gasteiger partial charge on any atom is -0.350 e. The average Bonchev–Trinajstić information content (AvgIpc) is 2.90. The molecule has 1 aromatic rings. The molecule has 4 nitrogen and oxygen atoms in total. The molecule has 1 saturated heterocycles. The second-order valence-electron chi connectivity index (χ2n) is 7.53. The van der Waals surface area contributed by atoms with Crippen LogP contribution < -0.4 is 5.32 Å². The zero-order valence-corrected chi connectivity index (χ0v) is 18.2. The zero-order valence-electron chi connectivity index (χ0n) is 16.5. The lowest BCUT2D eigenvalue weighted by Gasteiger charge is -2.24. The van der Waals surface area contributed by atoms with Crippen molar-refractivity contribution in [2.75, 3.05) is 12.4 Å². The Balaban J connectivity index is 0.00000300. The highest BCUT2D eigenvalue weighted by atomic mass is 35.5.